The molecular formula is C13H17NO3. The summed E-state index contributed by atoms with van der Waals surface area (Å²) in [4.78, 5) is 11.6. The molecule has 0 N–H and O–H groups in total. The van der Waals surface area contributed by atoms with Gasteiger partial charge in [-0.2, -0.15) is 5.26 Å². The van der Waals surface area contributed by atoms with E-state index in [1.807, 2.05) is 19.9 Å². The third-order valence-corrected chi connectivity index (χ3v) is 2.46. The Hall–Kier alpha value is -1.76. The summed E-state index contributed by atoms with van der Waals surface area (Å²) in [7, 11) is 0. The number of aryl methyl sites for hydroxylation is 2. The second kappa shape index (κ2) is 6.74. The largest absolute Gasteiger partial charge is 0.460 e. The highest BCUT2D eigenvalue weighted by Gasteiger charge is 2.14. The van der Waals surface area contributed by atoms with Gasteiger partial charge in [-0.25, -0.2) is 4.79 Å². The van der Waals surface area contributed by atoms with Crippen molar-refractivity contribution in [2.45, 2.75) is 39.5 Å². The third kappa shape index (κ3) is 3.95. The summed E-state index contributed by atoms with van der Waals surface area (Å²) in [6.07, 6.45) is 2.72. The number of nitriles is 1. The van der Waals surface area contributed by atoms with Crippen LogP contribution in [0.4, 0.5) is 0 Å². The number of ether oxygens (including phenoxy) is 1. The van der Waals surface area contributed by atoms with Gasteiger partial charge in [0.1, 0.15) is 5.76 Å². The molecule has 1 aromatic rings. The normalized spacial score (nSPS) is 9.94. The molecule has 0 atom stereocenters. The van der Waals surface area contributed by atoms with E-state index in [1.165, 1.54) is 0 Å². The van der Waals surface area contributed by atoms with Gasteiger partial charge in [-0.1, -0.05) is 6.92 Å². The zero-order valence-corrected chi connectivity index (χ0v) is 10.3. The Morgan fingerprint density at radius 2 is 2.29 bits per heavy atom. The molecule has 0 fully saturated rings. The monoisotopic (exact) mass is 235 g/mol. The third-order valence-electron chi connectivity index (χ3n) is 2.46. The molecule has 4 nitrogen and oxygen atoms in total. The number of rotatable bonds is 6. The maximum atomic E-state index is 11.6. The van der Waals surface area contributed by atoms with Crippen molar-refractivity contribution in [1.82, 2.24) is 0 Å². The predicted molar refractivity (Wildman–Crippen MR) is 62.6 cm³/mol. The molecule has 0 spiro atoms. The van der Waals surface area contributed by atoms with Crippen LogP contribution in [0.5, 0.6) is 0 Å². The number of furan rings is 1. The van der Waals surface area contributed by atoms with E-state index in [4.69, 9.17) is 14.4 Å². The number of carbonyl (C=O) groups excluding carboxylic acids is 1. The summed E-state index contributed by atoms with van der Waals surface area (Å²) >= 11 is 0. The highest BCUT2D eigenvalue weighted by atomic mass is 16.5. The Labute approximate surface area is 101 Å². The van der Waals surface area contributed by atoms with Gasteiger partial charge >= 0.3 is 5.97 Å². The summed E-state index contributed by atoms with van der Waals surface area (Å²) in [5, 5.41) is 8.34. The van der Waals surface area contributed by atoms with Crippen LogP contribution in [-0.4, -0.2) is 12.6 Å². The molecule has 0 aromatic carbocycles. The molecule has 0 bridgehead atoms. The quantitative estimate of drug-likeness (QED) is 0.561. The Morgan fingerprint density at radius 1 is 1.53 bits per heavy atom. The van der Waals surface area contributed by atoms with Crippen molar-refractivity contribution in [2.75, 3.05) is 6.61 Å². The standard InChI is InChI=1S/C13H17NO3/c1-3-11-10(2)9-12(17-11)13(15)16-8-6-4-5-7-14/h9H,3-6,8H2,1-2H3. The number of carbonyl (C=O) groups is 1. The first-order chi connectivity index (χ1) is 8.19. The van der Waals surface area contributed by atoms with E-state index in [2.05, 4.69) is 0 Å². The molecular weight excluding hydrogens is 218 g/mol. The van der Waals surface area contributed by atoms with Gasteiger partial charge in [0.05, 0.1) is 12.7 Å². The van der Waals surface area contributed by atoms with Crippen molar-refractivity contribution < 1.29 is 13.9 Å². The second-order valence-electron chi connectivity index (χ2n) is 3.82. The summed E-state index contributed by atoms with van der Waals surface area (Å²) < 4.78 is 10.4. The molecule has 0 saturated carbocycles. The van der Waals surface area contributed by atoms with E-state index in [0.717, 1.165) is 24.2 Å². The van der Waals surface area contributed by atoms with Gasteiger partial charge in [0.25, 0.3) is 0 Å². The number of hydrogen-bond acceptors (Lipinski definition) is 4. The molecule has 0 aliphatic carbocycles. The highest BCUT2D eigenvalue weighted by Crippen LogP contribution is 2.16. The van der Waals surface area contributed by atoms with Gasteiger partial charge in [-0.3, -0.25) is 0 Å². The van der Waals surface area contributed by atoms with Crippen molar-refractivity contribution in [2.24, 2.45) is 0 Å². The van der Waals surface area contributed by atoms with Crippen LogP contribution in [0, 0.1) is 18.3 Å². The first-order valence-electron chi connectivity index (χ1n) is 5.82. The van der Waals surface area contributed by atoms with Gasteiger partial charge in [0.2, 0.25) is 5.76 Å². The molecule has 0 saturated heterocycles. The van der Waals surface area contributed by atoms with Crippen molar-refractivity contribution in [3.63, 3.8) is 0 Å². The van der Waals surface area contributed by atoms with E-state index < -0.39 is 5.97 Å². The fourth-order valence-electron chi connectivity index (χ4n) is 1.51. The van der Waals surface area contributed by atoms with E-state index >= 15 is 0 Å². The lowest BCUT2D eigenvalue weighted by Gasteiger charge is -2.00. The fraction of sp³-hybridized carbons (Fsp3) is 0.538. The molecule has 0 amide bonds. The van der Waals surface area contributed by atoms with Crippen molar-refractivity contribution >= 4 is 5.97 Å². The number of hydrogen-bond donors (Lipinski definition) is 0. The smallest absolute Gasteiger partial charge is 0.374 e. The lowest BCUT2D eigenvalue weighted by molar-refractivity contribution is 0.0460. The topological polar surface area (TPSA) is 63.2 Å². The van der Waals surface area contributed by atoms with Gasteiger partial charge in [0.15, 0.2) is 0 Å². The Kier molecular flexibility index (Phi) is 5.28. The summed E-state index contributed by atoms with van der Waals surface area (Å²) in [5.74, 6) is 0.658. The van der Waals surface area contributed by atoms with Crippen LogP contribution >= 0.6 is 0 Å². The zero-order valence-electron chi connectivity index (χ0n) is 10.3. The molecule has 0 radical (unpaired) electrons. The van der Waals surface area contributed by atoms with Crippen molar-refractivity contribution in [3.05, 3.63) is 23.2 Å². The maximum Gasteiger partial charge on any atom is 0.374 e. The van der Waals surface area contributed by atoms with Crippen molar-refractivity contribution in [1.29, 1.82) is 5.26 Å². The van der Waals surface area contributed by atoms with E-state index in [9.17, 15) is 4.79 Å². The van der Waals surface area contributed by atoms with Crippen LogP contribution in [0.25, 0.3) is 0 Å². The summed E-state index contributed by atoms with van der Waals surface area (Å²) in [6, 6.07) is 3.75. The number of esters is 1. The Balaban J connectivity index is 2.39. The van der Waals surface area contributed by atoms with Gasteiger partial charge < -0.3 is 9.15 Å². The molecule has 0 aliphatic rings. The van der Waals surface area contributed by atoms with Gasteiger partial charge in [0, 0.05) is 12.8 Å². The average Bonchev–Trinajstić information content (AvgIpc) is 2.70. The maximum absolute atomic E-state index is 11.6. The second-order valence-corrected chi connectivity index (χ2v) is 3.82. The van der Waals surface area contributed by atoms with Crippen LogP contribution in [0.2, 0.25) is 0 Å². The molecule has 1 aromatic heterocycles. The van der Waals surface area contributed by atoms with E-state index in [-0.39, 0.29) is 5.76 Å². The molecule has 0 aliphatic heterocycles. The molecule has 1 heterocycles. The SMILES string of the molecule is CCc1oc(C(=O)OCCCCC#N)cc1C. The molecule has 17 heavy (non-hydrogen) atoms. The van der Waals surface area contributed by atoms with Crippen LogP contribution in [-0.2, 0) is 11.2 Å². The van der Waals surface area contributed by atoms with E-state index in [1.54, 1.807) is 6.07 Å². The van der Waals surface area contributed by atoms with Crippen LogP contribution in [0.15, 0.2) is 10.5 Å². The summed E-state index contributed by atoms with van der Waals surface area (Å²) in [6.45, 7) is 4.22. The van der Waals surface area contributed by atoms with Crippen LogP contribution in [0.3, 0.4) is 0 Å². The minimum atomic E-state index is -0.426. The first-order valence-corrected chi connectivity index (χ1v) is 5.82. The zero-order chi connectivity index (χ0) is 12.7. The number of unbranched alkanes of at least 4 members (excludes halogenated alkanes) is 2. The predicted octanol–water partition coefficient (Wildman–Crippen LogP) is 3.00. The highest BCUT2D eigenvalue weighted by molar-refractivity contribution is 5.86. The lowest BCUT2D eigenvalue weighted by atomic mass is 10.2. The Morgan fingerprint density at radius 3 is 2.88 bits per heavy atom. The van der Waals surface area contributed by atoms with Gasteiger partial charge in [-0.15, -0.1) is 0 Å². The average molecular weight is 235 g/mol. The van der Waals surface area contributed by atoms with E-state index in [0.29, 0.717) is 19.4 Å². The van der Waals surface area contributed by atoms with Crippen LogP contribution in [0.1, 0.15) is 48.1 Å². The fourth-order valence-corrected chi connectivity index (χ4v) is 1.51. The van der Waals surface area contributed by atoms with Crippen molar-refractivity contribution in [3.8, 4) is 6.07 Å². The summed E-state index contributed by atoms with van der Waals surface area (Å²) in [5.41, 5.74) is 0.976. The molecule has 1 rings (SSSR count). The minimum absolute atomic E-state index is 0.264. The van der Waals surface area contributed by atoms with Gasteiger partial charge in [-0.05, 0) is 31.4 Å². The number of nitrogens with zero attached hydrogens (tertiary/aromatic N) is 1. The molecule has 92 valence electrons. The Bertz CT molecular complexity index is 415. The molecule has 4 heteroatoms. The van der Waals surface area contributed by atoms with Crippen LogP contribution < -0.4 is 0 Å². The first kappa shape index (κ1) is 13.3. The minimum Gasteiger partial charge on any atom is -0.460 e. The lowest BCUT2D eigenvalue weighted by Crippen LogP contribution is -2.05. The molecule has 0 unspecified atom stereocenters.